The second-order valence-corrected chi connectivity index (χ2v) is 5.76. The molecule has 0 saturated heterocycles. The third-order valence-electron chi connectivity index (χ3n) is 3.76. The fourth-order valence-corrected chi connectivity index (χ4v) is 2.68. The summed E-state index contributed by atoms with van der Waals surface area (Å²) < 4.78 is 0. The second kappa shape index (κ2) is 7.96. The summed E-state index contributed by atoms with van der Waals surface area (Å²) in [5.74, 6) is 0. The molecule has 2 unspecified atom stereocenters. The van der Waals surface area contributed by atoms with Crippen molar-refractivity contribution in [1.82, 2.24) is 10.2 Å². The SMILES string of the molecule is CCC(NC(CN(C)C)c1ccccc1)c1ccccc1. The van der Waals surface area contributed by atoms with Crippen LogP contribution in [0.2, 0.25) is 0 Å². The van der Waals surface area contributed by atoms with Gasteiger partial charge in [-0.3, -0.25) is 0 Å². The third-order valence-corrected chi connectivity index (χ3v) is 3.76. The van der Waals surface area contributed by atoms with E-state index >= 15 is 0 Å². The van der Waals surface area contributed by atoms with Crippen molar-refractivity contribution in [2.75, 3.05) is 20.6 Å². The molecule has 0 radical (unpaired) electrons. The van der Waals surface area contributed by atoms with Gasteiger partial charge in [-0.1, -0.05) is 67.6 Å². The molecule has 112 valence electrons. The van der Waals surface area contributed by atoms with Gasteiger partial charge in [0.1, 0.15) is 0 Å². The van der Waals surface area contributed by atoms with E-state index in [1.165, 1.54) is 11.1 Å². The summed E-state index contributed by atoms with van der Waals surface area (Å²) in [6.07, 6.45) is 1.08. The molecule has 0 fully saturated rings. The fraction of sp³-hybridized carbons (Fsp3) is 0.368. The first-order chi connectivity index (χ1) is 10.2. The molecule has 0 aliphatic heterocycles. The van der Waals surface area contributed by atoms with Gasteiger partial charge in [0.25, 0.3) is 0 Å². The van der Waals surface area contributed by atoms with Gasteiger partial charge in [0.15, 0.2) is 0 Å². The van der Waals surface area contributed by atoms with Crippen LogP contribution in [0.1, 0.15) is 36.6 Å². The van der Waals surface area contributed by atoms with Crippen LogP contribution in [0.3, 0.4) is 0 Å². The molecule has 0 bridgehead atoms. The van der Waals surface area contributed by atoms with Gasteiger partial charge < -0.3 is 10.2 Å². The molecule has 21 heavy (non-hydrogen) atoms. The molecule has 2 rings (SSSR count). The molecule has 0 saturated carbocycles. The van der Waals surface area contributed by atoms with E-state index in [1.807, 2.05) is 0 Å². The molecule has 0 aliphatic carbocycles. The van der Waals surface area contributed by atoms with Gasteiger partial charge in [-0.15, -0.1) is 0 Å². The highest BCUT2D eigenvalue weighted by molar-refractivity contribution is 5.22. The van der Waals surface area contributed by atoms with Crippen molar-refractivity contribution in [2.24, 2.45) is 0 Å². The van der Waals surface area contributed by atoms with Crippen LogP contribution >= 0.6 is 0 Å². The average molecular weight is 282 g/mol. The molecule has 1 N–H and O–H groups in total. The van der Waals surface area contributed by atoms with E-state index in [-0.39, 0.29) is 0 Å². The van der Waals surface area contributed by atoms with E-state index in [0.29, 0.717) is 12.1 Å². The summed E-state index contributed by atoms with van der Waals surface area (Å²) in [6, 6.07) is 22.2. The summed E-state index contributed by atoms with van der Waals surface area (Å²) in [6.45, 7) is 3.23. The maximum atomic E-state index is 3.83. The Kier molecular flexibility index (Phi) is 5.97. The van der Waals surface area contributed by atoms with Crippen LogP contribution in [-0.2, 0) is 0 Å². The lowest BCUT2D eigenvalue weighted by Gasteiger charge is -2.28. The Morgan fingerprint density at radius 2 is 1.29 bits per heavy atom. The largest absolute Gasteiger partial charge is 0.308 e. The first kappa shape index (κ1) is 15.7. The molecule has 2 nitrogen and oxygen atoms in total. The van der Waals surface area contributed by atoms with Crippen LogP contribution in [-0.4, -0.2) is 25.5 Å². The lowest BCUT2D eigenvalue weighted by molar-refractivity contribution is 0.317. The normalized spacial score (nSPS) is 14.1. The van der Waals surface area contributed by atoms with E-state index in [4.69, 9.17) is 0 Å². The standard InChI is InChI=1S/C19H26N2/c1-4-18(16-11-7-5-8-12-16)20-19(15-21(2)3)17-13-9-6-10-14-17/h5-14,18-20H,4,15H2,1-3H3. The minimum absolute atomic E-state index is 0.339. The van der Waals surface area contributed by atoms with Gasteiger partial charge in [-0.2, -0.15) is 0 Å². The zero-order valence-electron chi connectivity index (χ0n) is 13.3. The van der Waals surface area contributed by atoms with Crippen LogP contribution in [0.4, 0.5) is 0 Å². The lowest BCUT2D eigenvalue weighted by atomic mass is 10.0. The molecule has 2 aromatic rings. The summed E-state index contributed by atoms with van der Waals surface area (Å²) in [7, 11) is 4.25. The van der Waals surface area contributed by atoms with Gasteiger partial charge in [0, 0.05) is 18.6 Å². The number of rotatable bonds is 7. The van der Waals surface area contributed by atoms with Crippen LogP contribution in [0.5, 0.6) is 0 Å². The molecular weight excluding hydrogens is 256 g/mol. The van der Waals surface area contributed by atoms with Crippen LogP contribution < -0.4 is 5.32 Å². The van der Waals surface area contributed by atoms with Crippen LogP contribution in [0.25, 0.3) is 0 Å². The zero-order valence-corrected chi connectivity index (χ0v) is 13.3. The maximum Gasteiger partial charge on any atom is 0.0453 e. The van der Waals surface area contributed by atoms with Crippen molar-refractivity contribution in [3.8, 4) is 0 Å². The number of benzene rings is 2. The molecule has 0 heterocycles. The quantitative estimate of drug-likeness (QED) is 0.825. The number of hydrogen-bond donors (Lipinski definition) is 1. The Balaban J connectivity index is 2.17. The van der Waals surface area contributed by atoms with Crippen molar-refractivity contribution in [3.63, 3.8) is 0 Å². The molecule has 2 heteroatoms. The van der Waals surface area contributed by atoms with Crippen LogP contribution in [0, 0.1) is 0 Å². The monoisotopic (exact) mass is 282 g/mol. The molecule has 2 atom stereocenters. The number of hydrogen-bond acceptors (Lipinski definition) is 2. The van der Waals surface area contributed by atoms with Crippen molar-refractivity contribution in [1.29, 1.82) is 0 Å². The first-order valence-corrected chi connectivity index (χ1v) is 7.71. The van der Waals surface area contributed by atoms with Crippen molar-refractivity contribution in [3.05, 3.63) is 71.8 Å². The summed E-state index contributed by atoms with van der Waals surface area (Å²) >= 11 is 0. The highest BCUT2D eigenvalue weighted by Crippen LogP contribution is 2.22. The molecule has 0 spiro atoms. The molecule has 0 aromatic heterocycles. The van der Waals surface area contributed by atoms with E-state index in [2.05, 4.69) is 91.9 Å². The first-order valence-electron chi connectivity index (χ1n) is 7.71. The van der Waals surface area contributed by atoms with Gasteiger partial charge in [0.05, 0.1) is 0 Å². The predicted octanol–water partition coefficient (Wildman–Crippen LogP) is 4.03. The van der Waals surface area contributed by atoms with E-state index in [1.54, 1.807) is 0 Å². The van der Waals surface area contributed by atoms with Crippen LogP contribution in [0.15, 0.2) is 60.7 Å². The number of nitrogens with zero attached hydrogens (tertiary/aromatic N) is 1. The van der Waals surface area contributed by atoms with Gasteiger partial charge in [0.2, 0.25) is 0 Å². The topological polar surface area (TPSA) is 15.3 Å². The molecular formula is C19H26N2. The Labute approximate surface area is 128 Å². The lowest BCUT2D eigenvalue weighted by Crippen LogP contribution is -2.33. The highest BCUT2D eigenvalue weighted by Gasteiger charge is 2.17. The Hall–Kier alpha value is -1.64. The fourth-order valence-electron chi connectivity index (χ4n) is 2.68. The van der Waals surface area contributed by atoms with Gasteiger partial charge in [-0.05, 0) is 31.6 Å². The average Bonchev–Trinajstić information content (AvgIpc) is 2.52. The Morgan fingerprint density at radius 1 is 0.810 bits per heavy atom. The Morgan fingerprint density at radius 3 is 1.71 bits per heavy atom. The minimum atomic E-state index is 0.339. The van der Waals surface area contributed by atoms with E-state index < -0.39 is 0 Å². The van der Waals surface area contributed by atoms with Crippen molar-refractivity contribution < 1.29 is 0 Å². The predicted molar refractivity (Wildman–Crippen MR) is 90.3 cm³/mol. The van der Waals surface area contributed by atoms with Gasteiger partial charge in [-0.25, -0.2) is 0 Å². The smallest absolute Gasteiger partial charge is 0.0453 e. The third kappa shape index (κ3) is 4.69. The summed E-state index contributed by atoms with van der Waals surface area (Å²) in [5, 5.41) is 3.83. The van der Waals surface area contributed by atoms with Crippen molar-refractivity contribution in [2.45, 2.75) is 25.4 Å². The van der Waals surface area contributed by atoms with Crippen molar-refractivity contribution >= 4 is 0 Å². The summed E-state index contributed by atoms with van der Waals surface area (Å²) in [5.41, 5.74) is 2.71. The highest BCUT2D eigenvalue weighted by atomic mass is 15.1. The second-order valence-electron chi connectivity index (χ2n) is 5.76. The summed E-state index contributed by atoms with van der Waals surface area (Å²) in [4.78, 5) is 2.24. The Bertz CT molecular complexity index is 508. The van der Waals surface area contributed by atoms with Gasteiger partial charge >= 0.3 is 0 Å². The van der Waals surface area contributed by atoms with E-state index in [0.717, 1.165) is 13.0 Å². The number of likely N-dealkylation sites (N-methyl/N-ethyl adjacent to an activating group) is 1. The maximum absolute atomic E-state index is 3.83. The molecule has 0 aliphatic rings. The van der Waals surface area contributed by atoms with E-state index in [9.17, 15) is 0 Å². The zero-order chi connectivity index (χ0) is 15.1. The molecule has 2 aromatic carbocycles. The minimum Gasteiger partial charge on any atom is -0.308 e. The molecule has 0 amide bonds. The number of nitrogens with one attached hydrogen (secondary N) is 1.